The largest absolute Gasteiger partial charge is 0.348 e. The highest BCUT2D eigenvalue weighted by molar-refractivity contribution is 6.35. The maximum absolute atomic E-state index is 12.9. The molecule has 3 aromatic rings. The molecule has 1 aromatic carbocycles. The summed E-state index contributed by atoms with van der Waals surface area (Å²) >= 11 is 12.4. The van der Waals surface area contributed by atoms with Crippen molar-refractivity contribution >= 4 is 29.1 Å². The molecule has 2 N–H and O–H groups in total. The predicted molar refractivity (Wildman–Crippen MR) is 113 cm³/mol. The lowest BCUT2D eigenvalue weighted by Crippen LogP contribution is -2.28. The molecule has 0 radical (unpaired) electrons. The molecule has 150 valence electrons. The van der Waals surface area contributed by atoms with Crippen LogP contribution in [0.3, 0.4) is 0 Å². The fourth-order valence-corrected chi connectivity index (χ4v) is 3.98. The number of hydrogen-bond acceptors (Lipinski definition) is 3. The number of nitrogens with zero attached hydrogens (tertiary/aromatic N) is 2. The van der Waals surface area contributed by atoms with Crippen LogP contribution in [-0.4, -0.2) is 20.7 Å². The first kappa shape index (κ1) is 19.7. The van der Waals surface area contributed by atoms with E-state index in [1.165, 1.54) is 0 Å². The van der Waals surface area contributed by atoms with E-state index < -0.39 is 0 Å². The molecule has 2 aromatic heterocycles. The normalized spacial score (nSPS) is 13.5. The summed E-state index contributed by atoms with van der Waals surface area (Å²) in [7, 11) is 0. The van der Waals surface area contributed by atoms with Crippen LogP contribution in [0.4, 0.5) is 0 Å². The standard InChI is InChI=1S/C21H20Cl2N4O2/c1-11-7-12(2)26-21(29)15(11)9-24-20(28)16-10-25-27(19(16)13-3-4-13)18-6-5-14(22)8-17(18)23/h5-8,10,13H,3-4,9H2,1-2H3,(H,24,28)(H,26,29). The number of amides is 1. The Hall–Kier alpha value is -2.57. The molecule has 1 fully saturated rings. The number of pyridine rings is 1. The maximum atomic E-state index is 12.9. The highest BCUT2D eigenvalue weighted by Crippen LogP contribution is 2.43. The Morgan fingerprint density at radius 3 is 2.69 bits per heavy atom. The summed E-state index contributed by atoms with van der Waals surface area (Å²) in [5.74, 6) is -0.00267. The first-order valence-electron chi connectivity index (χ1n) is 9.36. The number of halogens is 2. The van der Waals surface area contributed by atoms with Crippen LogP contribution in [-0.2, 0) is 6.54 Å². The molecule has 29 heavy (non-hydrogen) atoms. The second-order valence-corrected chi connectivity index (χ2v) is 8.19. The molecule has 0 saturated heterocycles. The Morgan fingerprint density at radius 1 is 1.28 bits per heavy atom. The molecule has 0 spiro atoms. The van der Waals surface area contributed by atoms with Crippen molar-refractivity contribution in [2.75, 3.05) is 0 Å². The van der Waals surface area contributed by atoms with Crippen LogP contribution in [0.5, 0.6) is 0 Å². The van der Waals surface area contributed by atoms with Crippen LogP contribution >= 0.6 is 23.2 Å². The Kier molecular flexibility index (Phi) is 5.23. The SMILES string of the molecule is Cc1cc(C)c(CNC(=O)c2cnn(-c3ccc(Cl)cc3Cl)c2C2CC2)c(=O)[nH]1. The zero-order valence-corrected chi connectivity index (χ0v) is 17.6. The summed E-state index contributed by atoms with van der Waals surface area (Å²) in [5.41, 5.74) is 4.01. The van der Waals surface area contributed by atoms with E-state index in [1.807, 2.05) is 19.9 Å². The number of carbonyl (C=O) groups is 1. The van der Waals surface area contributed by atoms with Crippen molar-refractivity contribution in [2.45, 2.75) is 39.2 Å². The van der Waals surface area contributed by atoms with Crippen LogP contribution in [0.1, 0.15) is 51.6 Å². The van der Waals surface area contributed by atoms with E-state index in [4.69, 9.17) is 23.2 Å². The van der Waals surface area contributed by atoms with Gasteiger partial charge in [-0.2, -0.15) is 5.10 Å². The molecule has 1 amide bonds. The predicted octanol–water partition coefficient (Wildman–Crippen LogP) is 4.29. The van der Waals surface area contributed by atoms with Gasteiger partial charge in [-0.05, 0) is 56.5 Å². The van der Waals surface area contributed by atoms with Crippen molar-refractivity contribution in [1.82, 2.24) is 20.1 Å². The van der Waals surface area contributed by atoms with Gasteiger partial charge in [0.1, 0.15) is 0 Å². The number of nitrogens with one attached hydrogen (secondary N) is 2. The minimum Gasteiger partial charge on any atom is -0.348 e. The third kappa shape index (κ3) is 3.95. The van der Waals surface area contributed by atoms with Gasteiger partial charge in [-0.3, -0.25) is 9.59 Å². The number of benzene rings is 1. The highest BCUT2D eigenvalue weighted by Gasteiger charge is 2.33. The van der Waals surface area contributed by atoms with Crippen LogP contribution in [0.15, 0.2) is 35.3 Å². The lowest BCUT2D eigenvalue weighted by Gasteiger charge is -2.11. The van der Waals surface area contributed by atoms with Gasteiger partial charge >= 0.3 is 0 Å². The molecular weight excluding hydrogens is 411 g/mol. The number of carbonyl (C=O) groups excluding carboxylic acids is 1. The number of aromatic nitrogens is 3. The Labute approximate surface area is 177 Å². The van der Waals surface area contributed by atoms with Gasteiger partial charge in [-0.1, -0.05) is 23.2 Å². The van der Waals surface area contributed by atoms with Crippen molar-refractivity contribution in [3.05, 3.63) is 78.9 Å². The van der Waals surface area contributed by atoms with Crippen LogP contribution in [0.2, 0.25) is 10.0 Å². The van der Waals surface area contributed by atoms with Crippen molar-refractivity contribution < 1.29 is 4.79 Å². The van der Waals surface area contributed by atoms with Crippen LogP contribution < -0.4 is 10.9 Å². The summed E-state index contributed by atoms with van der Waals surface area (Å²) in [6, 6.07) is 7.08. The molecule has 1 aliphatic carbocycles. The quantitative estimate of drug-likeness (QED) is 0.633. The molecular formula is C21H20Cl2N4O2. The number of aryl methyl sites for hydroxylation is 2. The maximum Gasteiger partial charge on any atom is 0.255 e. The summed E-state index contributed by atoms with van der Waals surface area (Å²) in [6.07, 6.45) is 3.54. The molecule has 4 rings (SSSR count). The molecule has 0 unspecified atom stereocenters. The van der Waals surface area contributed by atoms with Gasteiger partial charge in [0.05, 0.1) is 28.2 Å². The fraction of sp³-hybridized carbons (Fsp3) is 0.286. The summed E-state index contributed by atoms with van der Waals surface area (Å²) in [5, 5.41) is 8.29. The molecule has 0 aliphatic heterocycles. The van der Waals surface area contributed by atoms with E-state index in [0.717, 1.165) is 29.8 Å². The van der Waals surface area contributed by atoms with Gasteiger partial charge in [-0.15, -0.1) is 0 Å². The number of H-pyrrole nitrogens is 1. The molecule has 8 heteroatoms. The lowest BCUT2D eigenvalue weighted by atomic mass is 10.1. The second kappa shape index (κ2) is 7.69. The number of hydrogen-bond donors (Lipinski definition) is 2. The summed E-state index contributed by atoms with van der Waals surface area (Å²) in [6.45, 7) is 3.84. The number of aromatic amines is 1. The average Bonchev–Trinajstić information content (AvgIpc) is 3.39. The first-order valence-corrected chi connectivity index (χ1v) is 10.1. The van der Waals surface area contributed by atoms with Gasteiger partial charge in [0, 0.05) is 28.7 Å². The molecule has 1 aliphatic rings. The molecule has 6 nitrogen and oxygen atoms in total. The van der Waals surface area contributed by atoms with Crippen molar-refractivity contribution in [3.63, 3.8) is 0 Å². The van der Waals surface area contributed by atoms with Crippen molar-refractivity contribution in [1.29, 1.82) is 0 Å². The third-order valence-electron chi connectivity index (χ3n) is 5.07. The zero-order valence-electron chi connectivity index (χ0n) is 16.1. The van der Waals surface area contributed by atoms with E-state index >= 15 is 0 Å². The molecule has 0 bridgehead atoms. The van der Waals surface area contributed by atoms with Gasteiger partial charge < -0.3 is 10.3 Å². The Bertz CT molecular complexity index is 1160. The van der Waals surface area contributed by atoms with E-state index in [2.05, 4.69) is 15.4 Å². The fourth-order valence-electron chi connectivity index (χ4n) is 3.49. The van der Waals surface area contributed by atoms with Crippen LogP contribution in [0.25, 0.3) is 5.69 Å². The Morgan fingerprint density at radius 2 is 2.03 bits per heavy atom. The van der Waals surface area contributed by atoms with E-state index in [0.29, 0.717) is 26.9 Å². The smallest absolute Gasteiger partial charge is 0.255 e. The molecule has 1 saturated carbocycles. The minimum atomic E-state index is -0.261. The van der Waals surface area contributed by atoms with E-state index in [-0.39, 0.29) is 23.9 Å². The van der Waals surface area contributed by atoms with Crippen LogP contribution in [0, 0.1) is 13.8 Å². The van der Waals surface area contributed by atoms with E-state index in [1.54, 1.807) is 29.1 Å². The van der Waals surface area contributed by atoms with Gasteiger partial charge in [-0.25, -0.2) is 4.68 Å². The van der Waals surface area contributed by atoms with Gasteiger partial charge in [0.25, 0.3) is 11.5 Å². The monoisotopic (exact) mass is 430 g/mol. The summed E-state index contributed by atoms with van der Waals surface area (Å²) < 4.78 is 1.72. The highest BCUT2D eigenvalue weighted by atomic mass is 35.5. The van der Waals surface area contributed by atoms with Crippen molar-refractivity contribution in [3.8, 4) is 5.69 Å². The second-order valence-electron chi connectivity index (χ2n) is 7.35. The number of rotatable bonds is 5. The van der Waals surface area contributed by atoms with E-state index in [9.17, 15) is 9.59 Å². The van der Waals surface area contributed by atoms with Gasteiger partial charge in [0.2, 0.25) is 0 Å². The topological polar surface area (TPSA) is 79.8 Å². The zero-order chi connectivity index (χ0) is 20.7. The van der Waals surface area contributed by atoms with Crippen molar-refractivity contribution in [2.24, 2.45) is 0 Å². The lowest BCUT2D eigenvalue weighted by molar-refractivity contribution is 0.0949. The first-order chi connectivity index (χ1) is 13.8. The minimum absolute atomic E-state index is 0.150. The van der Waals surface area contributed by atoms with Gasteiger partial charge in [0.15, 0.2) is 0 Å². The Balaban J connectivity index is 1.63. The molecule has 2 heterocycles. The third-order valence-corrected chi connectivity index (χ3v) is 5.61. The molecule has 0 atom stereocenters. The average molecular weight is 431 g/mol. The summed E-state index contributed by atoms with van der Waals surface area (Å²) in [4.78, 5) is 27.9.